The van der Waals surface area contributed by atoms with Crippen molar-refractivity contribution < 1.29 is 9.15 Å². The molecule has 0 radical (unpaired) electrons. The van der Waals surface area contributed by atoms with Gasteiger partial charge >= 0.3 is 5.63 Å². The first-order valence-electron chi connectivity index (χ1n) is 8.10. The predicted octanol–water partition coefficient (Wildman–Crippen LogP) is 4.98. The van der Waals surface area contributed by atoms with Gasteiger partial charge in [0.25, 0.3) is 0 Å². The molecule has 0 spiro atoms. The van der Waals surface area contributed by atoms with Crippen molar-refractivity contribution in [2.24, 2.45) is 0 Å². The number of fused-ring (bicyclic) bond motifs is 1. The number of rotatable bonds is 3. The molecular weight excluding hydrogens is 300 g/mol. The Hall–Kier alpha value is -2.55. The van der Waals surface area contributed by atoms with Crippen LogP contribution in [0.3, 0.4) is 0 Å². The maximum atomic E-state index is 11.5. The van der Waals surface area contributed by atoms with Gasteiger partial charge in [0, 0.05) is 17.5 Å². The highest BCUT2D eigenvalue weighted by molar-refractivity contribution is 5.81. The van der Waals surface area contributed by atoms with E-state index in [-0.39, 0.29) is 11.0 Å². The van der Waals surface area contributed by atoms with Crippen LogP contribution in [0.5, 0.6) is 5.75 Å². The fourth-order valence-electron chi connectivity index (χ4n) is 2.66. The van der Waals surface area contributed by atoms with Crippen molar-refractivity contribution in [3.05, 3.63) is 75.6 Å². The fraction of sp³-hybridized carbons (Fsp3) is 0.286. The maximum absolute atomic E-state index is 11.5. The summed E-state index contributed by atoms with van der Waals surface area (Å²) in [5.74, 6) is 0.691. The lowest BCUT2D eigenvalue weighted by atomic mass is 9.87. The molecule has 24 heavy (non-hydrogen) atoms. The summed E-state index contributed by atoms with van der Waals surface area (Å²) in [4.78, 5) is 11.5. The SMILES string of the molecule is Cc1cc(=O)oc2cc(OCc3ccc(C(C)(C)C)cc3)ccc12. The van der Waals surface area contributed by atoms with E-state index in [9.17, 15) is 4.79 Å². The third-order valence-corrected chi connectivity index (χ3v) is 4.15. The molecule has 2 aromatic carbocycles. The van der Waals surface area contributed by atoms with E-state index in [2.05, 4.69) is 45.0 Å². The molecule has 0 fully saturated rings. The van der Waals surface area contributed by atoms with Gasteiger partial charge < -0.3 is 9.15 Å². The van der Waals surface area contributed by atoms with Gasteiger partial charge in [-0.15, -0.1) is 0 Å². The van der Waals surface area contributed by atoms with Gasteiger partial charge in [0.2, 0.25) is 0 Å². The molecule has 3 nitrogen and oxygen atoms in total. The molecule has 0 aliphatic rings. The average Bonchev–Trinajstić information content (AvgIpc) is 2.52. The van der Waals surface area contributed by atoms with Gasteiger partial charge in [-0.3, -0.25) is 0 Å². The smallest absolute Gasteiger partial charge is 0.336 e. The largest absolute Gasteiger partial charge is 0.489 e. The summed E-state index contributed by atoms with van der Waals surface area (Å²) in [5, 5.41) is 0.927. The standard InChI is InChI=1S/C21H22O3/c1-14-11-20(22)24-19-12-17(9-10-18(14)19)23-13-15-5-7-16(8-6-15)21(2,3)4/h5-12H,13H2,1-4H3. The van der Waals surface area contributed by atoms with Crippen LogP contribution in [0.2, 0.25) is 0 Å². The molecule has 0 amide bonds. The molecule has 0 N–H and O–H groups in total. The number of benzene rings is 2. The highest BCUT2D eigenvalue weighted by Crippen LogP contribution is 2.24. The van der Waals surface area contributed by atoms with Crippen molar-refractivity contribution in [2.75, 3.05) is 0 Å². The molecule has 0 atom stereocenters. The van der Waals surface area contributed by atoms with Gasteiger partial charge in [-0.05, 0) is 41.2 Å². The minimum Gasteiger partial charge on any atom is -0.489 e. The summed E-state index contributed by atoms with van der Waals surface area (Å²) in [5.41, 5.74) is 3.68. The Morgan fingerprint density at radius 1 is 1.00 bits per heavy atom. The van der Waals surface area contributed by atoms with Gasteiger partial charge in [0.15, 0.2) is 0 Å². The summed E-state index contributed by atoms with van der Waals surface area (Å²) in [6.45, 7) is 8.97. The third-order valence-electron chi connectivity index (χ3n) is 4.15. The second-order valence-electron chi connectivity index (χ2n) is 7.14. The first-order valence-corrected chi connectivity index (χ1v) is 8.10. The molecule has 0 saturated heterocycles. The minimum atomic E-state index is -0.338. The highest BCUT2D eigenvalue weighted by atomic mass is 16.5. The molecule has 3 rings (SSSR count). The van der Waals surface area contributed by atoms with Gasteiger partial charge in [-0.1, -0.05) is 45.0 Å². The fourth-order valence-corrected chi connectivity index (χ4v) is 2.66. The Labute approximate surface area is 141 Å². The normalized spacial score (nSPS) is 11.7. The third kappa shape index (κ3) is 3.51. The molecule has 0 aliphatic carbocycles. The summed E-state index contributed by atoms with van der Waals surface area (Å²) >= 11 is 0. The molecule has 124 valence electrons. The van der Waals surface area contributed by atoms with E-state index in [0.717, 1.165) is 16.5 Å². The van der Waals surface area contributed by atoms with Crippen molar-refractivity contribution in [1.82, 2.24) is 0 Å². The van der Waals surface area contributed by atoms with E-state index < -0.39 is 0 Å². The maximum Gasteiger partial charge on any atom is 0.336 e. The lowest BCUT2D eigenvalue weighted by molar-refractivity contribution is 0.306. The number of hydrogen-bond acceptors (Lipinski definition) is 3. The number of aryl methyl sites for hydroxylation is 1. The quantitative estimate of drug-likeness (QED) is 0.639. The lowest BCUT2D eigenvalue weighted by Crippen LogP contribution is -2.10. The molecular formula is C21H22O3. The minimum absolute atomic E-state index is 0.146. The Morgan fingerprint density at radius 2 is 1.71 bits per heavy atom. The molecule has 3 heteroatoms. The Balaban J connectivity index is 1.77. The van der Waals surface area contributed by atoms with Crippen LogP contribution in [0.4, 0.5) is 0 Å². The zero-order valence-electron chi connectivity index (χ0n) is 14.6. The van der Waals surface area contributed by atoms with Crippen LogP contribution in [-0.4, -0.2) is 0 Å². The van der Waals surface area contributed by atoms with Gasteiger partial charge in [-0.25, -0.2) is 4.79 Å². The molecule has 0 unspecified atom stereocenters. The van der Waals surface area contributed by atoms with Crippen LogP contribution in [0, 0.1) is 6.92 Å². The summed E-state index contributed by atoms with van der Waals surface area (Å²) in [7, 11) is 0. The first kappa shape index (κ1) is 16.3. The van der Waals surface area contributed by atoms with E-state index in [4.69, 9.17) is 9.15 Å². The second-order valence-corrected chi connectivity index (χ2v) is 7.14. The summed E-state index contributed by atoms with van der Waals surface area (Å²) < 4.78 is 11.1. The van der Waals surface area contributed by atoms with Crippen LogP contribution < -0.4 is 10.4 Å². The van der Waals surface area contributed by atoms with E-state index in [0.29, 0.717) is 17.9 Å². The van der Waals surface area contributed by atoms with E-state index in [1.807, 2.05) is 19.1 Å². The van der Waals surface area contributed by atoms with E-state index in [1.165, 1.54) is 11.6 Å². The highest BCUT2D eigenvalue weighted by Gasteiger charge is 2.12. The molecule has 1 heterocycles. The van der Waals surface area contributed by atoms with Crippen molar-refractivity contribution in [3.63, 3.8) is 0 Å². The van der Waals surface area contributed by atoms with Crippen molar-refractivity contribution >= 4 is 11.0 Å². The average molecular weight is 322 g/mol. The first-order chi connectivity index (χ1) is 11.3. The van der Waals surface area contributed by atoms with Crippen molar-refractivity contribution in [1.29, 1.82) is 0 Å². The second kappa shape index (κ2) is 6.16. The van der Waals surface area contributed by atoms with Crippen LogP contribution >= 0.6 is 0 Å². The topological polar surface area (TPSA) is 39.4 Å². The van der Waals surface area contributed by atoms with Crippen LogP contribution in [-0.2, 0) is 12.0 Å². The van der Waals surface area contributed by atoms with E-state index in [1.54, 1.807) is 6.07 Å². The zero-order valence-corrected chi connectivity index (χ0v) is 14.6. The molecule has 0 bridgehead atoms. The van der Waals surface area contributed by atoms with E-state index >= 15 is 0 Å². The summed E-state index contributed by atoms with van der Waals surface area (Å²) in [6, 6.07) is 15.6. The molecule has 0 saturated carbocycles. The van der Waals surface area contributed by atoms with Crippen LogP contribution in [0.1, 0.15) is 37.5 Å². The van der Waals surface area contributed by atoms with Crippen LogP contribution in [0.15, 0.2) is 57.7 Å². The monoisotopic (exact) mass is 322 g/mol. The zero-order chi connectivity index (χ0) is 17.3. The van der Waals surface area contributed by atoms with Crippen molar-refractivity contribution in [3.8, 4) is 5.75 Å². The Kier molecular flexibility index (Phi) is 4.18. The van der Waals surface area contributed by atoms with Gasteiger partial charge in [-0.2, -0.15) is 0 Å². The lowest BCUT2D eigenvalue weighted by Gasteiger charge is -2.19. The number of ether oxygens (including phenoxy) is 1. The molecule has 3 aromatic rings. The Bertz CT molecular complexity index is 912. The molecule has 0 aliphatic heterocycles. The molecule has 1 aromatic heterocycles. The van der Waals surface area contributed by atoms with Gasteiger partial charge in [0.05, 0.1) is 0 Å². The van der Waals surface area contributed by atoms with Crippen molar-refractivity contribution in [2.45, 2.75) is 39.7 Å². The summed E-state index contributed by atoms with van der Waals surface area (Å²) in [6.07, 6.45) is 0. The predicted molar refractivity (Wildman–Crippen MR) is 96.7 cm³/mol. The number of hydrogen-bond donors (Lipinski definition) is 0. The van der Waals surface area contributed by atoms with Gasteiger partial charge in [0.1, 0.15) is 17.9 Å². The van der Waals surface area contributed by atoms with Crippen LogP contribution in [0.25, 0.3) is 11.0 Å². The Morgan fingerprint density at radius 3 is 2.38 bits per heavy atom.